The largest absolute Gasteiger partial charge is 0.319 e. The number of hydrogen-bond acceptors (Lipinski definition) is 3. The van der Waals surface area contributed by atoms with Crippen LogP contribution in [0.2, 0.25) is 0 Å². The lowest BCUT2D eigenvalue weighted by molar-refractivity contribution is 0.536. The van der Waals surface area contributed by atoms with Gasteiger partial charge in [0.25, 0.3) is 0 Å². The van der Waals surface area contributed by atoms with Crippen LogP contribution in [0, 0.1) is 11.6 Å². The topological polar surface area (TPSA) is 51.8 Å². The van der Waals surface area contributed by atoms with Gasteiger partial charge in [-0.3, -0.25) is 9.97 Å². The van der Waals surface area contributed by atoms with Gasteiger partial charge in [0.05, 0.1) is 22.4 Å². The molecule has 2 aromatic rings. The first-order chi connectivity index (χ1) is 8.11. The second-order valence-electron chi connectivity index (χ2n) is 3.36. The molecule has 3 nitrogen and oxygen atoms in total. The zero-order valence-corrected chi connectivity index (χ0v) is 10.2. The minimum atomic E-state index is -0.985. The second kappa shape index (κ2) is 4.85. The maximum absolute atomic E-state index is 13.8. The fraction of sp³-hybridized carbons (Fsp3) is 0.0909. The van der Waals surface area contributed by atoms with Crippen molar-refractivity contribution >= 4 is 15.9 Å². The van der Waals surface area contributed by atoms with Crippen LogP contribution in [0.15, 0.2) is 35.2 Å². The van der Waals surface area contributed by atoms with Crippen LogP contribution < -0.4 is 5.73 Å². The molecule has 2 rings (SSSR count). The molecule has 1 aromatic carbocycles. The van der Waals surface area contributed by atoms with E-state index in [1.807, 2.05) is 0 Å². The third-order valence-corrected chi connectivity index (χ3v) is 2.90. The van der Waals surface area contributed by atoms with Crippen LogP contribution in [0.1, 0.15) is 17.3 Å². The molecule has 0 amide bonds. The fourth-order valence-electron chi connectivity index (χ4n) is 1.45. The zero-order valence-electron chi connectivity index (χ0n) is 8.57. The summed E-state index contributed by atoms with van der Waals surface area (Å²) in [7, 11) is 0. The van der Waals surface area contributed by atoms with Gasteiger partial charge in [-0.15, -0.1) is 0 Å². The molecule has 6 heteroatoms. The van der Waals surface area contributed by atoms with Gasteiger partial charge in [-0.2, -0.15) is 0 Å². The molecule has 0 fully saturated rings. The van der Waals surface area contributed by atoms with E-state index in [4.69, 9.17) is 5.73 Å². The maximum atomic E-state index is 13.8. The van der Waals surface area contributed by atoms with E-state index in [-0.39, 0.29) is 10.0 Å². The van der Waals surface area contributed by atoms with E-state index in [0.29, 0.717) is 5.69 Å². The van der Waals surface area contributed by atoms with Crippen molar-refractivity contribution in [2.24, 2.45) is 5.73 Å². The molecule has 88 valence electrons. The summed E-state index contributed by atoms with van der Waals surface area (Å²) >= 11 is 2.99. The van der Waals surface area contributed by atoms with E-state index in [1.54, 1.807) is 0 Å². The number of aromatic nitrogens is 2. The van der Waals surface area contributed by atoms with Gasteiger partial charge in [-0.25, -0.2) is 8.78 Å². The summed E-state index contributed by atoms with van der Waals surface area (Å²) in [6.07, 6.45) is 4.26. The van der Waals surface area contributed by atoms with Gasteiger partial charge in [0, 0.05) is 18.0 Å². The van der Waals surface area contributed by atoms with Crippen molar-refractivity contribution in [2.45, 2.75) is 6.04 Å². The summed E-state index contributed by atoms with van der Waals surface area (Å²) in [6.45, 7) is 0. The molecule has 1 heterocycles. The Bertz CT molecular complexity index is 534. The first-order valence-corrected chi connectivity index (χ1v) is 5.55. The first kappa shape index (κ1) is 12.1. The Labute approximate surface area is 105 Å². The van der Waals surface area contributed by atoms with Gasteiger partial charge in [-0.1, -0.05) is 0 Å². The monoisotopic (exact) mass is 299 g/mol. The summed E-state index contributed by atoms with van der Waals surface area (Å²) < 4.78 is 27.5. The van der Waals surface area contributed by atoms with Crippen LogP contribution in [0.4, 0.5) is 8.78 Å². The minimum absolute atomic E-state index is 0.160. The minimum Gasteiger partial charge on any atom is -0.319 e. The quantitative estimate of drug-likeness (QED) is 0.867. The highest BCUT2D eigenvalue weighted by atomic mass is 79.9. The molecule has 1 unspecified atom stereocenters. The number of hydrogen-bond donors (Lipinski definition) is 1. The van der Waals surface area contributed by atoms with Crippen LogP contribution >= 0.6 is 15.9 Å². The van der Waals surface area contributed by atoms with Gasteiger partial charge in [0.15, 0.2) is 0 Å². The number of nitrogens with zero attached hydrogens (tertiary/aromatic N) is 2. The third kappa shape index (κ3) is 2.32. The molecule has 0 bridgehead atoms. The normalized spacial score (nSPS) is 12.5. The molecule has 1 aromatic heterocycles. The Morgan fingerprint density at radius 2 is 2.00 bits per heavy atom. The Morgan fingerprint density at radius 3 is 2.65 bits per heavy atom. The van der Waals surface area contributed by atoms with E-state index in [2.05, 4.69) is 25.9 Å². The predicted octanol–water partition coefficient (Wildman–Crippen LogP) is 2.57. The molecule has 0 aliphatic rings. The molecule has 1 atom stereocenters. The number of rotatable bonds is 2. The van der Waals surface area contributed by atoms with E-state index in [9.17, 15) is 8.78 Å². The number of halogens is 3. The van der Waals surface area contributed by atoms with Crippen molar-refractivity contribution < 1.29 is 8.78 Å². The van der Waals surface area contributed by atoms with Crippen LogP contribution in [-0.4, -0.2) is 9.97 Å². The zero-order chi connectivity index (χ0) is 12.4. The third-order valence-electron chi connectivity index (χ3n) is 2.29. The van der Waals surface area contributed by atoms with Crippen molar-refractivity contribution in [3.8, 4) is 0 Å². The molecule has 0 radical (unpaired) electrons. The molecule has 0 spiro atoms. The summed E-state index contributed by atoms with van der Waals surface area (Å²) in [5, 5.41) is 0. The van der Waals surface area contributed by atoms with Crippen LogP contribution in [-0.2, 0) is 0 Å². The Balaban J connectivity index is 2.51. The second-order valence-corrected chi connectivity index (χ2v) is 4.22. The van der Waals surface area contributed by atoms with E-state index in [0.717, 1.165) is 6.07 Å². The number of benzene rings is 1. The smallest absolute Gasteiger partial charge is 0.145 e. The molecular weight excluding hydrogens is 292 g/mol. The number of nitrogens with two attached hydrogens (primary N) is 1. The molecule has 0 aliphatic heterocycles. The molecule has 17 heavy (non-hydrogen) atoms. The SMILES string of the molecule is NC(c1cnccn1)c1c(F)ccc(Br)c1F. The van der Waals surface area contributed by atoms with Gasteiger partial charge in [0.2, 0.25) is 0 Å². The van der Waals surface area contributed by atoms with Crippen LogP contribution in [0.25, 0.3) is 0 Å². The summed E-state index contributed by atoms with van der Waals surface area (Å²) in [5.74, 6) is -1.42. The highest BCUT2D eigenvalue weighted by Crippen LogP contribution is 2.28. The van der Waals surface area contributed by atoms with E-state index in [1.165, 1.54) is 24.7 Å². The average Bonchev–Trinajstić information content (AvgIpc) is 2.35. The highest BCUT2D eigenvalue weighted by molar-refractivity contribution is 9.10. The van der Waals surface area contributed by atoms with Crippen molar-refractivity contribution in [2.75, 3.05) is 0 Å². The lowest BCUT2D eigenvalue weighted by atomic mass is 10.0. The van der Waals surface area contributed by atoms with Crippen molar-refractivity contribution in [1.29, 1.82) is 0 Å². The first-order valence-electron chi connectivity index (χ1n) is 4.76. The van der Waals surface area contributed by atoms with Gasteiger partial charge in [-0.05, 0) is 28.1 Å². The van der Waals surface area contributed by atoms with Crippen molar-refractivity contribution in [3.05, 3.63) is 58.1 Å². The summed E-state index contributed by atoms with van der Waals surface area (Å²) in [5.41, 5.74) is 5.87. The fourth-order valence-corrected chi connectivity index (χ4v) is 1.79. The van der Waals surface area contributed by atoms with E-state index >= 15 is 0 Å². The maximum Gasteiger partial charge on any atom is 0.145 e. The van der Waals surface area contributed by atoms with Gasteiger partial charge in [0.1, 0.15) is 11.6 Å². The van der Waals surface area contributed by atoms with Crippen molar-refractivity contribution in [1.82, 2.24) is 9.97 Å². The summed E-state index contributed by atoms with van der Waals surface area (Å²) in [6, 6.07) is 1.46. The van der Waals surface area contributed by atoms with Gasteiger partial charge < -0.3 is 5.73 Å². The standard InChI is InChI=1S/C11H8BrF2N3/c12-6-1-2-7(13)9(10(6)14)11(15)8-5-16-3-4-17-8/h1-5,11H,15H2. The molecule has 2 N–H and O–H groups in total. The Morgan fingerprint density at radius 1 is 1.24 bits per heavy atom. The van der Waals surface area contributed by atoms with Crippen molar-refractivity contribution in [3.63, 3.8) is 0 Å². The average molecular weight is 300 g/mol. The molecule has 0 saturated heterocycles. The highest BCUT2D eigenvalue weighted by Gasteiger charge is 2.21. The van der Waals surface area contributed by atoms with Crippen LogP contribution in [0.3, 0.4) is 0 Å². The molecule has 0 aliphatic carbocycles. The molecular formula is C11H8BrF2N3. The Kier molecular flexibility index (Phi) is 3.44. The summed E-state index contributed by atoms with van der Waals surface area (Å²) in [4.78, 5) is 7.74. The van der Waals surface area contributed by atoms with E-state index < -0.39 is 17.7 Å². The lowest BCUT2D eigenvalue weighted by Gasteiger charge is -2.13. The Hall–Kier alpha value is -1.40. The molecule has 0 saturated carbocycles. The lowest BCUT2D eigenvalue weighted by Crippen LogP contribution is -2.17. The predicted molar refractivity (Wildman–Crippen MR) is 62.1 cm³/mol. The van der Waals surface area contributed by atoms with Crippen LogP contribution in [0.5, 0.6) is 0 Å². The van der Waals surface area contributed by atoms with Gasteiger partial charge >= 0.3 is 0 Å².